The number of ether oxygens (including phenoxy) is 3. The fraction of sp³-hybridized carbons (Fsp3) is 0.474. The van der Waals surface area contributed by atoms with Crippen molar-refractivity contribution in [1.29, 1.82) is 0 Å². The zero-order chi connectivity index (χ0) is 18.5. The van der Waals surface area contributed by atoms with Crippen molar-refractivity contribution in [2.24, 2.45) is 5.41 Å². The van der Waals surface area contributed by atoms with Gasteiger partial charge in [-0.05, 0) is 19.4 Å². The van der Waals surface area contributed by atoms with Crippen LogP contribution in [0.1, 0.15) is 33.3 Å². The van der Waals surface area contributed by atoms with Crippen molar-refractivity contribution in [2.45, 2.75) is 46.2 Å². The lowest BCUT2D eigenvalue weighted by atomic mass is 9.85. The molecule has 1 aliphatic heterocycles. The van der Waals surface area contributed by atoms with Crippen molar-refractivity contribution in [2.75, 3.05) is 6.61 Å². The maximum Gasteiger partial charge on any atom is 0.332 e. The molecule has 0 radical (unpaired) electrons. The Morgan fingerprint density at radius 3 is 2.60 bits per heavy atom. The average molecular weight is 347 g/mol. The standard InChI is InChI=1S/C19H25NO5/c1-18(2)13-24-19(3,4)25-16(18)17(22)20-11-10-15(21)23-12-14-8-6-5-7-9-14/h5-11,16H,12-13H2,1-4H3,(H,20,22)/b11-10+/t16-/m1/s1. The molecule has 1 fully saturated rings. The molecule has 6 heteroatoms. The minimum atomic E-state index is -0.824. The van der Waals surface area contributed by atoms with Gasteiger partial charge in [0.25, 0.3) is 5.91 Å². The van der Waals surface area contributed by atoms with Crippen LogP contribution in [-0.2, 0) is 30.4 Å². The molecule has 0 aromatic heterocycles. The third-order valence-corrected chi connectivity index (χ3v) is 3.81. The number of nitrogens with one attached hydrogen (secondary N) is 1. The van der Waals surface area contributed by atoms with Crippen LogP contribution in [0.5, 0.6) is 0 Å². The zero-order valence-electron chi connectivity index (χ0n) is 15.1. The number of esters is 1. The first-order chi connectivity index (χ1) is 11.7. The van der Waals surface area contributed by atoms with Gasteiger partial charge in [-0.2, -0.15) is 0 Å². The summed E-state index contributed by atoms with van der Waals surface area (Å²) >= 11 is 0. The third-order valence-electron chi connectivity index (χ3n) is 3.81. The maximum absolute atomic E-state index is 12.4. The van der Waals surface area contributed by atoms with Crippen LogP contribution < -0.4 is 5.32 Å². The number of amides is 1. The van der Waals surface area contributed by atoms with Crippen molar-refractivity contribution in [1.82, 2.24) is 5.32 Å². The Balaban J connectivity index is 1.83. The molecule has 1 N–H and O–H groups in total. The van der Waals surface area contributed by atoms with Crippen LogP contribution in [0.15, 0.2) is 42.6 Å². The van der Waals surface area contributed by atoms with E-state index in [1.54, 1.807) is 13.8 Å². The molecule has 1 aromatic carbocycles. The molecule has 6 nitrogen and oxygen atoms in total. The van der Waals surface area contributed by atoms with E-state index >= 15 is 0 Å². The van der Waals surface area contributed by atoms with Gasteiger partial charge in [-0.15, -0.1) is 0 Å². The maximum atomic E-state index is 12.4. The summed E-state index contributed by atoms with van der Waals surface area (Å²) < 4.78 is 16.4. The van der Waals surface area contributed by atoms with Gasteiger partial charge in [-0.3, -0.25) is 4.79 Å². The highest BCUT2D eigenvalue weighted by Gasteiger charge is 2.45. The third kappa shape index (κ3) is 5.69. The lowest BCUT2D eigenvalue weighted by Crippen LogP contribution is -2.55. The zero-order valence-corrected chi connectivity index (χ0v) is 15.1. The van der Waals surface area contributed by atoms with Gasteiger partial charge in [0.2, 0.25) is 0 Å². The molecule has 0 unspecified atom stereocenters. The molecule has 1 amide bonds. The van der Waals surface area contributed by atoms with Crippen molar-refractivity contribution >= 4 is 11.9 Å². The van der Waals surface area contributed by atoms with Crippen LogP contribution in [0.4, 0.5) is 0 Å². The van der Waals surface area contributed by atoms with Crippen molar-refractivity contribution in [3.05, 3.63) is 48.2 Å². The van der Waals surface area contributed by atoms with Crippen LogP contribution >= 0.6 is 0 Å². The average Bonchev–Trinajstić information content (AvgIpc) is 2.56. The Labute approximate surface area is 148 Å². The van der Waals surface area contributed by atoms with E-state index in [0.29, 0.717) is 6.61 Å². The van der Waals surface area contributed by atoms with Gasteiger partial charge in [0.15, 0.2) is 5.79 Å². The van der Waals surface area contributed by atoms with E-state index in [-0.39, 0.29) is 12.5 Å². The van der Waals surface area contributed by atoms with Crippen molar-refractivity contribution < 1.29 is 23.8 Å². The Kier molecular flexibility index (Phi) is 5.98. The molecule has 1 heterocycles. The second-order valence-electron chi connectivity index (χ2n) is 7.11. The molecular weight excluding hydrogens is 322 g/mol. The monoisotopic (exact) mass is 347 g/mol. The van der Waals surface area contributed by atoms with E-state index in [2.05, 4.69) is 5.32 Å². The van der Waals surface area contributed by atoms with Gasteiger partial charge in [-0.25, -0.2) is 4.79 Å². The number of carbonyl (C=O) groups excluding carboxylic acids is 2. The van der Waals surface area contributed by atoms with E-state index in [4.69, 9.17) is 14.2 Å². The molecule has 0 bridgehead atoms. The molecule has 0 saturated carbocycles. The quantitative estimate of drug-likeness (QED) is 0.654. The molecular formula is C19H25NO5. The van der Waals surface area contributed by atoms with Gasteiger partial charge in [0.05, 0.1) is 6.61 Å². The molecule has 25 heavy (non-hydrogen) atoms. The second kappa shape index (κ2) is 7.80. The van der Waals surface area contributed by atoms with Crippen molar-refractivity contribution in [3.8, 4) is 0 Å². The first-order valence-corrected chi connectivity index (χ1v) is 8.19. The normalized spacial score (nSPS) is 21.7. The van der Waals surface area contributed by atoms with Crippen LogP contribution in [0.3, 0.4) is 0 Å². The Bertz CT molecular complexity index is 636. The summed E-state index contributed by atoms with van der Waals surface area (Å²) in [5.41, 5.74) is 0.425. The molecule has 0 spiro atoms. The predicted octanol–water partition coefficient (Wildman–Crippen LogP) is 2.54. The molecule has 1 atom stereocenters. The predicted molar refractivity (Wildman–Crippen MR) is 92.2 cm³/mol. The first-order valence-electron chi connectivity index (χ1n) is 8.19. The van der Waals surface area contributed by atoms with Crippen LogP contribution in [0.25, 0.3) is 0 Å². The van der Waals surface area contributed by atoms with Crippen molar-refractivity contribution in [3.63, 3.8) is 0 Å². The Hall–Kier alpha value is -2.18. The summed E-state index contributed by atoms with van der Waals surface area (Å²) in [6, 6.07) is 9.37. The van der Waals surface area contributed by atoms with E-state index in [1.165, 1.54) is 12.3 Å². The fourth-order valence-electron chi connectivity index (χ4n) is 2.37. The summed E-state index contributed by atoms with van der Waals surface area (Å²) in [5.74, 6) is -1.68. The summed E-state index contributed by atoms with van der Waals surface area (Å²) in [5, 5.41) is 2.57. The minimum absolute atomic E-state index is 0.183. The molecule has 0 aliphatic carbocycles. The van der Waals surface area contributed by atoms with Gasteiger partial charge in [-0.1, -0.05) is 44.2 Å². The summed E-state index contributed by atoms with van der Waals surface area (Å²) in [6.45, 7) is 7.90. The molecule has 1 aromatic rings. The summed E-state index contributed by atoms with van der Waals surface area (Å²) in [6.07, 6.45) is 1.77. The van der Waals surface area contributed by atoms with E-state index in [0.717, 1.165) is 5.56 Å². The highest BCUT2D eigenvalue weighted by atomic mass is 16.7. The van der Waals surface area contributed by atoms with Crippen LogP contribution in [0, 0.1) is 5.41 Å². The van der Waals surface area contributed by atoms with Crippen LogP contribution in [-0.4, -0.2) is 30.4 Å². The number of hydrogen-bond acceptors (Lipinski definition) is 5. The lowest BCUT2D eigenvalue weighted by Gasteiger charge is -2.44. The molecule has 1 aliphatic rings. The van der Waals surface area contributed by atoms with Gasteiger partial charge in [0, 0.05) is 17.7 Å². The second-order valence-corrected chi connectivity index (χ2v) is 7.11. The SMILES string of the molecule is CC1(C)OCC(C)(C)[C@@H](C(=O)N/C=C/C(=O)OCc2ccccc2)O1. The van der Waals surface area contributed by atoms with Crippen LogP contribution in [0.2, 0.25) is 0 Å². The van der Waals surface area contributed by atoms with E-state index < -0.39 is 23.3 Å². The van der Waals surface area contributed by atoms with Gasteiger partial charge >= 0.3 is 5.97 Å². The lowest BCUT2D eigenvalue weighted by molar-refractivity contribution is -0.303. The summed E-state index contributed by atoms with van der Waals surface area (Å²) in [4.78, 5) is 24.1. The Morgan fingerprint density at radius 1 is 1.24 bits per heavy atom. The molecule has 1 saturated heterocycles. The summed E-state index contributed by atoms with van der Waals surface area (Å²) in [7, 11) is 0. The highest BCUT2D eigenvalue weighted by molar-refractivity contribution is 5.85. The number of benzene rings is 1. The molecule has 2 rings (SSSR count). The highest BCUT2D eigenvalue weighted by Crippen LogP contribution is 2.34. The topological polar surface area (TPSA) is 73.9 Å². The number of rotatable bonds is 5. The van der Waals surface area contributed by atoms with Gasteiger partial charge in [0.1, 0.15) is 12.7 Å². The van der Waals surface area contributed by atoms with Gasteiger partial charge < -0.3 is 19.5 Å². The first kappa shape index (κ1) is 19.1. The largest absolute Gasteiger partial charge is 0.458 e. The smallest absolute Gasteiger partial charge is 0.332 e. The van der Waals surface area contributed by atoms with E-state index in [1.807, 2.05) is 44.2 Å². The minimum Gasteiger partial charge on any atom is -0.458 e. The van der Waals surface area contributed by atoms with E-state index in [9.17, 15) is 9.59 Å². The number of hydrogen-bond donors (Lipinski definition) is 1. The fourth-order valence-corrected chi connectivity index (χ4v) is 2.37. The number of carbonyl (C=O) groups is 2. The Morgan fingerprint density at radius 2 is 1.92 bits per heavy atom. The molecule has 136 valence electrons.